The number of benzene rings is 1. The van der Waals surface area contributed by atoms with E-state index in [0.29, 0.717) is 5.56 Å². The standard InChI is InChI=1S/C18H29N3O4S/c1-18(2,3)14-7-5-13(6-8-14)16(22)21-15(9-12-26(4,24)25)17(23)20-11-10-19/h5-8,15H,9-12,19H2,1-4H3,(H,20,23)(H,21,22). The van der Waals surface area contributed by atoms with E-state index in [1.807, 2.05) is 12.1 Å². The van der Waals surface area contributed by atoms with Gasteiger partial charge in [-0.2, -0.15) is 0 Å². The van der Waals surface area contributed by atoms with E-state index in [-0.39, 0.29) is 30.7 Å². The Morgan fingerprint density at radius 2 is 1.73 bits per heavy atom. The third kappa shape index (κ3) is 7.53. The molecule has 8 heteroatoms. The average molecular weight is 384 g/mol. The van der Waals surface area contributed by atoms with Crippen molar-refractivity contribution in [2.24, 2.45) is 5.73 Å². The lowest BCUT2D eigenvalue weighted by Gasteiger charge is -2.20. The Morgan fingerprint density at radius 1 is 1.15 bits per heavy atom. The van der Waals surface area contributed by atoms with Crippen LogP contribution in [-0.2, 0) is 20.0 Å². The van der Waals surface area contributed by atoms with Gasteiger partial charge < -0.3 is 16.4 Å². The smallest absolute Gasteiger partial charge is 0.251 e. The fourth-order valence-electron chi connectivity index (χ4n) is 2.28. The summed E-state index contributed by atoms with van der Waals surface area (Å²) in [6, 6.07) is 6.19. The monoisotopic (exact) mass is 383 g/mol. The van der Waals surface area contributed by atoms with Crippen LogP contribution >= 0.6 is 0 Å². The lowest BCUT2D eigenvalue weighted by atomic mass is 9.86. The van der Waals surface area contributed by atoms with Gasteiger partial charge in [-0.25, -0.2) is 8.42 Å². The van der Waals surface area contributed by atoms with Crippen LogP contribution in [0.1, 0.15) is 43.1 Å². The Labute approximate surface area is 155 Å². The second kappa shape index (κ2) is 9.14. The van der Waals surface area contributed by atoms with Gasteiger partial charge in [0.2, 0.25) is 5.91 Å². The Bertz CT molecular complexity index is 722. The molecule has 1 rings (SSSR count). The van der Waals surface area contributed by atoms with Crippen LogP contribution in [0.15, 0.2) is 24.3 Å². The second-order valence-electron chi connectivity index (χ2n) is 7.35. The van der Waals surface area contributed by atoms with Gasteiger partial charge in [0.1, 0.15) is 15.9 Å². The molecule has 1 aromatic rings. The first kappa shape index (κ1) is 22.1. The van der Waals surface area contributed by atoms with Crippen LogP contribution in [0.3, 0.4) is 0 Å². The van der Waals surface area contributed by atoms with Crippen LogP contribution in [-0.4, -0.2) is 51.4 Å². The van der Waals surface area contributed by atoms with Gasteiger partial charge in [-0.1, -0.05) is 32.9 Å². The maximum atomic E-state index is 12.5. The molecule has 0 aromatic heterocycles. The van der Waals surface area contributed by atoms with E-state index in [1.54, 1.807) is 12.1 Å². The van der Waals surface area contributed by atoms with Crippen LogP contribution < -0.4 is 16.4 Å². The summed E-state index contributed by atoms with van der Waals surface area (Å²) in [5.74, 6) is -1.07. The molecule has 0 spiro atoms. The van der Waals surface area contributed by atoms with Crippen LogP contribution in [0.2, 0.25) is 0 Å². The average Bonchev–Trinajstić information content (AvgIpc) is 2.54. The molecule has 146 valence electrons. The molecule has 1 atom stereocenters. The van der Waals surface area contributed by atoms with E-state index in [9.17, 15) is 18.0 Å². The van der Waals surface area contributed by atoms with Crippen LogP contribution in [0.25, 0.3) is 0 Å². The van der Waals surface area contributed by atoms with Gasteiger partial charge in [-0.15, -0.1) is 0 Å². The maximum absolute atomic E-state index is 12.5. The summed E-state index contributed by atoms with van der Waals surface area (Å²) < 4.78 is 22.8. The number of hydrogen-bond donors (Lipinski definition) is 3. The predicted molar refractivity (Wildman–Crippen MR) is 103 cm³/mol. The first-order chi connectivity index (χ1) is 11.9. The number of carbonyl (C=O) groups is 2. The highest BCUT2D eigenvalue weighted by Crippen LogP contribution is 2.22. The van der Waals surface area contributed by atoms with E-state index in [4.69, 9.17) is 5.73 Å². The van der Waals surface area contributed by atoms with Gasteiger partial charge in [0, 0.05) is 24.9 Å². The van der Waals surface area contributed by atoms with Gasteiger partial charge in [0.05, 0.1) is 5.75 Å². The zero-order chi connectivity index (χ0) is 20.0. The van der Waals surface area contributed by atoms with Crippen molar-refractivity contribution in [1.29, 1.82) is 0 Å². The summed E-state index contributed by atoms with van der Waals surface area (Å²) in [5, 5.41) is 5.20. The Balaban J connectivity index is 2.87. The molecule has 0 aliphatic carbocycles. The van der Waals surface area contributed by atoms with Crippen molar-refractivity contribution >= 4 is 21.7 Å². The summed E-state index contributed by atoms with van der Waals surface area (Å²) in [6.45, 7) is 6.73. The zero-order valence-corrected chi connectivity index (χ0v) is 16.7. The topological polar surface area (TPSA) is 118 Å². The van der Waals surface area contributed by atoms with Gasteiger partial charge in [0.15, 0.2) is 0 Å². The molecule has 0 radical (unpaired) electrons. The minimum atomic E-state index is -3.25. The van der Waals surface area contributed by atoms with E-state index in [2.05, 4.69) is 31.4 Å². The van der Waals surface area contributed by atoms with Crippen molar-refractivity contribution in [1.82, 2.24) is 10.6 Å². The molecule has 0 aliphatic rings. The van der Waals surface area contributed by atoms with Crippen LogP contribution in [0, 0.1) is 0 Å². The molecule has 1 aromatic carbocycles. The summed E-state index contributed by atoms with van der Waals surface area (Å²) in [7, 11) is -3.25. The van der Waals surface area contributed by atoms with E-state index in [1.165, 1.54) is 0 Å². The highest BCUT2D eigenvalue weighted by Gasteiger charge is 2.23. The van der Waals surface area contributed by atoms with Crippen LogP contribution in [0.4, 0.5) is 0 Å². The quantitative estimate of drug-likeness (QED) is 0.607. The molecule has 0 aliphatic heterocycles. The first-order valence-electron chi connectivity index (χ1n) is 8.51. The van der Waals surface area contributed by atoms with Gasteiger partial charge in [-0.3, -0.25) is 9.59 Å². The van der Waals surface area contributed by atoms with Gasteiger partial charge in [-0.05, 0) is 29.5 Å². The largest absolute Gasteiger partial charge is 0.353 e. The third-order valence-corrected chi connectivity index (χ3v) is 4.83. The molecule has 1 unspecified atom stereocenters. The normalized spacial score (nSPS) is 13.1. The summed E-state index contributed by atoms with van der Waals surface area (Å²) in [5.41, 5.74) is 6.83. The SMILES string of the molecule is CC(C)(C)c1ccc(C(=O)NC(CCS(C)(=O)=O)C(=O)NCCN)cc1. The molecule has 2 amide bonds. The maximum Gasteiger partial charge on any atom is 0.251 e. The van der Waals surface area contributed by atoms with E-state index in [0.717, 1.165) is 11.8 Å². The number of hydrogen-bond acceptors (Lipinski definition) is 5. The van der Waals surface area contributed by atoms with Crippen molar-refractivity contribution in [3.05, 3.63) is 35.4 Å². The molecule has 0 saturated heterocycles. The summed E-state index contributed by atoms with van der Waals surface area (Å²) in [4.78, 5) is 24.6. The number of carbonyl (C=O) groups excluding carboxylic acids is 2. The zero-order valence-electron chi connectivity index (χ0n) is 15.8. The summed E-state index contributed by atoms with van der Waals surface area (Å²) >= 11 is 0. The molecule has 0 saturated carbocycles. The predicted octanol–water partition coefficient (Wildman–Crippen LogP) is 0.592. The number of nitrogens with one attached hydrogen (secondary N) is 2. The van der Waals surface area contributed by atoms with E-state index >= 15 is 0 Å². The van der Waals surface area contributed by atoms with Crippen molar-refractivity contribution in [3.8, 4) is 0 Å². The van der Waals surface area contributed by atoms with Crippen LogP contribution in [0.5, 0.6) is 0 Å². The number of amides is 2. The Hall–Kier alpha value is -1.93. The van der Waals surface area contributed by atoms with Crippen molar-refractivity contribution in [2.75, 3.05) is 25.1 Å². The van der Waals surface area contributed by atoms with Crippen molar-refractivity contribution in [3.63, 3.8) is 0 Å². The second-order valence-corrected chi connectivity index (χ2v) is 9.61. The first-order valence-corrected chi connectivity index (χ1v) is 10.6. The third-order valence-electron chi connectivity index (χ3n) is 3.86. The summed E-state index contributed by atoms with van der Waals surface area (Å²) in [6.07, 6.45) is 1.09. The lowest BCUT2D eigenvalue weighted by Crippen LogP contribution is -2.48. The minimum Gasteiger partial charge on any atom is -0.353 e. The Morgan fingerprint density at radius 3 is 2.19 bits per heavy atom. The lowest BCUT2D eigenvalue weighted by molar-refractivity contribution is -0.122. The molecule has 4 N–H and O–H groups in total. The highest BCUT2D eigenvalue weighted by molar-refractivity contribution is 7.90. The molecule has 0 fully saturated rings. The fourth-order valence-corrected chi connectivity index (χ4v) is 2.95. The molecule has 0 heterocycles. The van der Waals surface area contributed by atoms with Crippen molar-refractivity contribution in [2.45, 2.75) is 38.6 Å². The number of sulfone groups is 1. The van der Waals surface area contributed by atoms with E-state index < -0.39 is 27.7 Å². The molecule has 0 bridgehead atoms. The molecule has 7 nitrogen and oxygen atoms in total. The number of nitrogens with two attached hydrogens (primary N) is 1. The molecule has 26 heavy (non-hydrogen) atoms. The molecular weight excluding hydrogens is 354 g/mol. The number of rotatable bonds is 8. The highest BCUT2D eigenvalue weighted by atomic mass is 32.2. The van der Waals surface area contributed by atoms with Crippen molar-refractivity contribution < 1.29 is 18.0 Å². The molecular formula is C18H29N3O4S. The minimum absolute atomic E-state index is 0.00104. The Kier molecular flexibility index (Phi) is 7.77. The van der Waals surface area contributed by atoms with Gasteiger partial charge in [0.25, 0.3) is 5.91 Å². The van der Waals surface area contributed by atoms with Gasteiger partial charge >= 0.3 is 0 Å². The fraction of sp³-hybridized carbons (Fsp3) is 0.556.